The minimum atomic E-state index is -0.602. The number of aryl methyl sites for hydroxylation is 1. The second kappa shape index (κ2) is 10.7. The number of carbonyl (C=O) groups excluding carboxylic acids is 2. The number of hydrogen-bond acceptors (Lipinski definition) is 5. The Morgan fingerprint density at radius 1 is 1.07 bits per heavy atom. The molecule has 156 valence electrons. The Labute approximate surface area is 175 Å². The predicted molar refractivity (Wildman–Crippen MR) is 108 cm³/mol. The molecule has 9 nitrogen and oxygen atoms in total. The van der Waals surface area contributed by atoms with Crippen LogP contribution in [0.5, 0.6) is 5.75 Å². The van der Waals surface area contributed by atoms with Crippen LogP contribution < -0.4 is 26.8 Å². The van der Waals surface area contributed by atoms with Gasteiger partial charge in [0, 0.05) is 29.1 Å². The van der Waals surface area contributed by atoms with E-state index in [0.29, 0.717) is 33.5 Å². The zero-order valence-electron chi connectivity index (χ0n) is 15.6. The monoisotopic (exact) mass is 442 g/mol. The van der Waals surface area contributed by atoms with E-state index in [2.05, 4.69) is 20.8 Å². The first kappa shape index (κ1) is 22.5. The highest BCUT2D eigenvalue weighted by atomic mass is 35.5. The third-order valence-corrected chi connectivity index (χ3v) is 4.43. The summed E-state index contributed by atoms with van der Waals surface area (Å²) >= 11 is 11.8. The van der Waals surface area contributed by atoms with Crippen LogP contribution in [0.1, 0.15) is 30.5 Å². The average molecular weight is 443 g/mol. The lowest BCUT2D eigenvalue weighted by atomic mass is 10.1. The number of aromatic amines is 2. The van der Waals surface area contributed by atoms with Crippen molar-refractivity contribution in [3.8, 4) is 5.75 Å². The van der Waals surface area contributed by atoms with Crippen LogP contribution in [0, 0.1) is 6.92 Å². The molecule has 2 amide bonds. The summed E-state index contributed by atoms with van der Waals surface area (Å²) in [6.07, 6.45) is 0.626. The van der Waals surface area contributed by atoms with Gasteiger partial charge in [-0.3, -0.25) is 30.2 Å². The minimum Gasteiger partial charge on any atom is -0.492 e. The predicted octanol–water partition coefficient (Wildman–Crippen LogP) is 1.62. The van der Waals surface area contributed by atoms with Crippen molar-refractivity contribution < 1.29 is 14.3 Å². The largest absolute Gasteiger partial charge is 0.492 e. The zero-order chi connectivity index (χ0) is 21.4. The number of benzene rings is 1. The molecule has 0 aliphatic rings. The van der Waals surface area contributed by atoms with Gasteiger partial charge < -0.3 is 9.72 Å². The average Bonchev–Trinajstić information content (AvgIpc) is 2.64. The molecule has 1 heterocycles. The van der Waals surface area contributed by atoms with Crippen molar-refractivity contribution >= 4 is 35.0 Å². The van der Waals surface area contributed by atoms with Gasteiger partial charge in [-0.1, -0.05) is 23.2 Å². The van der Waals surface area contributed by atoms with E-state index < -0.39 is 17.2 Å². The molecule has 2 rings (SSSR count). The van der Waals surface area contributed by atoms with Crippen molar-refractivity contribution in [2.24, 2.45) is 0 Å². The van der Waals surface area contributed by atoms with E-state index in [1.165, 1.54) is 0 Å². The van der Waals surface area contributed by atoms with Crippen molar-refractivity contribution in [1.82, 2.24) is 20.8 Å². The number of rotatable bonds is 8. The van der Waals surface area contributed by atoms with E-state index in [1.54, 1.807) is 25.1 Å². The number of hydrogen-bond donors (Lipinski definition) is 4. The molecule has 4 N–H and O–H groups in total. The highest BCUT2D eigenvalue weighted by Crippen LogP contribution is 2.27. The Kier molecular flexibility index (Phi) is 8.29. The zero-order valence-corrected chi connectivity index (χ0v) is 17.1. The molecule has 11 heteroatoms. The Hall–Kier alpha value is -2.78. The van der Waals surface area contributed by atoms with E-state index in [-0.39, 0.29) is 31.8 Å². The lowest BCUT2D eigenvalue weighted by molar-refractivity contribution is -0.129. The lowest BCUT2D eigenvalue weighted by Crippen LogP contribution is -2.42. The maximum absolute atomic E-state index is 11.8. The molecule has 0 fully saturated rings. The van der Waals surface area contributed by atoms with Gasteiger partial charge in [0.15, 0.2) is 0 Å². The van der Waals surface area contributed by atoms with Crippen LogP contribution in [0.3, 0.4) is 0 Å². The van der Waals surface area contributed by atoms with E-state index in [9.17, 15) is 19.2 Å². The maximum atomic E-state index is 11.8. The fourth-order valence-corrected chi connectivity index (χ4v) is 2.90. The minimum absolute atomic E-state index is 0.0333. The number of carbonyl (C=O) groups is 2. The van der Waals surface area contributed by atoms with Crippen molar-refractivity contribution in [2.45, 2.75) is 32.6 Å². The smallest absolute Gasteiger partial charge is 0.325 e. The Bertz CT molecular complexity index is 1000. The van der Waals surface area contributed by atoms with Crippen LogP contribution in [-0.2, 0) is 16.0 Å². The molecule has 1 aromatic heterocycles. The molecule has 0 atom stereocenters. The third-order valence-electron chi connectivity index (χ3n) is 3.90. The van der Waals surface area contributed by atoms with E-state index >= 15 is 0 Å². The highest BCUT2D eigenvalue weighted by Gasteiger charge is 2.10. The second-order valence-corrected chi connectivity index (χ2v) is 6.98. The highest BCUT2D eigenvalue weighted by molar-refractivity contribution is 6.35. The summed E-state index contributed by atoms with van der Waals surface area (Å²) in [5, 5.41) is 0.878. The molecular weight excluding hydrogens is 423 g/mol. The molecule has 1 aromatic carbocycles. The molecule has 0 saturated heterocycles. The van der Waals surface area contributed by atoms with Gasteiger partial charge in [-0.25, -0.2) is 4.79 Å². The van der Waals surface area contributed by atoms with Crippen LogP contribution in [0.15, 0.2) is 27.8 Å². The number of nitrogens with one attached hydrogen (secondary N) is 4. The van der Waals surface area contributed by atoms with E-state index in [0.717, 1.165) is 0 Å². The molecule has 0 aliphatic heterocycles. The van der Waals surface area contributed by atoms with Crippen LogP contribution in [0.2, 0.25) is 10.0 Å². The number of ether oxygens (including phenoxy) is 1. The van der Waals surface area contributed by atoms with Crippen molar-refractivity contribution in [3.05, 3.63) is 60.3 Å². The van der Waals surface area contributed by atoms with E-state index in [1.807, 2.05) is 0 Å². The fourth-order valence-electron chi connectivity index (χ4n) is 2.44. The van der Waals surface area contributed by atoms with Gasteiger partial charge in [0.1, 0.15) is 5.75 Å². The summed E-state index contributed by atoms with van der Waals surface area (Å²) in [5.41, 5.74) is 4.14. The van der Waals surface area contributed by atoms with Gasteiger partial charge in [-0.2, -0.15) is 0 Å². The molecule has 0 spiro atoms. The molecular formula is C18H20Cl2N4O5. The normalized spacial score (nSPS) is 10.4. The molecule has 0 unspecified atom stereocenters. The summed E-state index contributed by atoms with van der Waals surface area (Å²) in [7, 11) is 0. The second-order valence-electron chi connectivity index (χ2n) is 6.13. The fraction of sp³-hybridized carbons (Fsp3) is 0.333. The number of hydrazine groups is 1. The van der Waals surface area contributed by atoms with Crippen molar-refractivity contribution in [1.29, 1.82) is 0 Å². The number of H-pyrrole nitrogens is 2. The molecule has 2 aromatic rings. The summed E-state index contributed by atoms with van der Waals surface area (Å²) in [6, 6.07) is 4.84. The SMILES string of the molecule is Cc1[nH]c(=O)[nH]c(=O)c1CCC(=O)NNC(=O)CCCOc1ccc(Cl)cc1Cl. The lowest BCUT2D eigenvalue weighted by Gasteiger charge is -2.09. The molecule has 0 aliphatic carbocycles. The van der Waals surface area contributed by atoms with Gasteiger partial charge in [0.05, 0.1) is 11.6 Å². The first-order valence-corrected chi connectivity index (χ1v) is 9.49. The molecule has 0 bridgehead atoms. The summed E-state index contributed by atoms with van der Waals surface area (Å²) in [4.78, 5) is 51.0. The summed E-state index contributed by atoms with van der Waals surface area (Å²) < 4.78 is 5.47. The topological polar surface area (TPSA) is 133 Å². The first-order chi connectivity index (χ1) is 13.8. The Morgan fingerprint density at radius 2 is 1.76 bits per heavy atom. The van der Waals surface area contributed by atoms with Crippen molar-refractivity contribution in [2.75, 3.05) is 6.61 Å². The van der Waals surface area contributed by atoms with Crippen LogP contribution in [0.25, 0.3) is 0 Å². The van der Waals surface area contributed by atoms with Crippen LogP contribution >= 0.6 is 23.2 Å². The van der Waals surface area contributed by atoms with Gasteiger partial charge in [-0.15, -0.1) is 0 Å². The van der Waals surface area contributed by atoms with Crippen LogP contribution in [0.4, 0.5) is 0 Å². The molecule has 0 radical (unpaired) electrons. The number of halogens is 2. The number of amides is 2. The summed E-state index contributed by atoms with van der Waals surface area (Å²) in [5.74, 6) is -0.382. The number of aromatic nitrogens is 2. The van der Waals surface area contributed by atoms with Gasteiger partial charge in [0.25, 0.3) is 5.56 Å². The molecule has 0 saturated carbocycles. The summed E-state index contributed by atoms with van der Waals surface area (Å²) in [6.45, 7) is 1.84. The Morgan fingerprint density at radius 3 is 2.41 bits per heavy atom. The molecule has 29 heavy (non-hydrogen) atoms. The van der Waals surface area contributed by atoms with Crippen molar-refractivity contribution in [3.63, 3.8) is 0 Å². The Balaban J connectivity index is 1.66. The maximum Gasteiger partial charge on any atom is 0.325 e. The standard InChI is InChI=1S/C18H20Cl2N4O5/c1-10-12(17(27)22-18(28)21-10)5-7-16(26)24-23-15(25)3-2-8-29-14-6-4-11(19)9-13(14)20/h4,6,9H,2-3,5,7-8H2,1H3,(H,23,25)(H,24,26)(H2,21,22,27,28). The van der Waals surface area contributed by atoms with E-state index in [4.69, 9.17) is 27.9 Å². The van der Waals surface area contributed by atoms with Gasteiger partial charge in [-0.05, 0) is 38.0 Å². The van der Waals surface area contributed by atoms with Gasteiger partial charge >= 0.3 is 5.69 Å². The third kappa shape index (κ3) is 7.28. The van der Waals surface area contributed by atoms with Gasteiger partial charge in [0.2, 0.25) is 11.8 Å². The first-order valence-electron chi connectivity index (χ1n) is 8.74. The van der Waals surface area contributed by atoms with Crippen LogP contribution in [-0.4, -0.2) is 28.4 Å². The quantitative estimate of drug-likeness (QED) is 0.364.